The molecule has 1 amide bonds. The summed E-state index contributed by atoms with van der Waals surface area (Å²) >= 11 is 0. The molecule has 8 heteroatoms. The number of carbonyl (C=O) groups is 2. The molecule has 24 heavy (non-hydrogen) atoms. The predicted molar refractivity (Wildman–Crippen MR) is 90.0 cm³/mol. The Morgan fingerprint density at radius 1 is 1.29 bits per heavy atom. The molecule has 0 spiro atoms. The Bertz CT molecular complexity index is 713. The summed E-state index contributed by atoms with van der Waals surface area (Å²) in [6.45, 7) is 8.54. The second kappa shape index (κ2) is 8.60. The highest BCUT2D eigenvalue weighted by molar-refractivity contribution is 7.89. The van der Waals surface area contributed by atoms with Gasteiger partial charge in [0.05, 0.1) is 10.5 Å². The number of nitrogens with one attached hydrogen (secondary N) is 2. The molecule has 2 N–H and O–H groups in total. The third kappa shape index (κ3) is 5.78. The highest BCUT2D eigenvalue weighted by Gasteiger charge is 2.21. The lowest BCUT2D eigenvalue weighted by atomic mass is 10.2. The number of ether oxygens (including phenoxy) is 1. The maximum absolute atomic E-state index is 12.1. The Hall–Kier alpha value is -2.19. The van der Waals surface area contributed by atoms with Crippen molar-refractivity contribution in [1.29, 1.82) is 0 Å². The van der Waals surface area contributed by atoms with E-state index < -0.39 is 28.0 Å². The Kier molecular flexibility index (Phi) is 7.12. The van der Waals surface area contributed by atoms with Crippen molar-refractivity contribution in [3.05, 3.63) is 42.5 Å². The van der Waals surface area contributed by atoms with E-state index in [1.54, 1.807) is 13.8 Å². The average Bonchev–Trinajstić information content (AvgIpc) is 2.51. The Morgan fingerprint density at radius 3 is 2.54 bits per heavy atom. The first-order valence-electron chi connectivity index (χ1n) is 7.39. The van der Waals surface area contributed by atoms with Gasteiger partial charge >= 0.3 is 5.97 Å². The molecular weight excluding hydrogens is 332 g/mol. The Morgan fingerprint density at radius 2 is 1.96 bits per heavy atom. The number of esters is 1. The summed E-state index contributed by atoms with van der Waals surface area (Å²) < 4.78 is 31.7. The molecule has 0 saturated heterocycles. The summed E-state index contributed by atoms with van der Waals surface area (Å²) in [5.74, 6) is -1.24. The molecule has 0 aromatic heterocycles. The Balaban J connectivity index is 2.88. The van der Waals surface area contributed by atoms with Gasteiger partial charge in [-0.1, -0.05) is 12.1 Å². The van der Waals surface area contributed by atoms with Gasteiger partial charge in [0, 0.05) is 12.6 Å². The predicted octanol–water partition coefficient (Wildman–Crippen LogP) is 1.22. The maximum Gasteiger partial charge on any atom is 0.338 e. The fourth-order valence-electron chi connectivity index (χ4n) is 1.77. The monoisotopic (exact) mass is 354 g/mol. The highest BCUT2D eigenvalue weighted by atomic mass is 32.2. The van der Waals surface area contributed by atoms with Crippen LogP contribution in [0.25, 0.3) is 0 Å². The molecular formula is C16H22N2O5S. The topological polar surface area (TPSA) is 102 Å². The smallest absolute Gasteiger partial charge is 0.338 e. The van der Waals surface area contributed by atoms with Crippen molar-refractivity contribution in [3.8, 4) is 0 Å². The minimum Gasteiger partial charge on any atom is -0.449 e. The molecule has 0 aliphatic carbocycles. The Labute approximate surface area is 142 Å². The van der Waals surface area contributed by atoms with Gasteiger partial charge in [-0.25, -0.2) is 17.9 Å². The van der Waals surface area contributed by atoms with Crippen LogP contribution in [-0.2, 0) is 19.6 Å². The average molecular weight is 354 g/mol. The van der Waals surface area contributed by atoms with Gasteiger partial charge in [-0.05, 0) is 39.0 Å². The third-order valence-corrected chi connectivity index (χ3v) is 4.50. The van der Waals surface area contributed by atoms with Gasteiger partial charge in [0.1, 0.15) is 0 Å². The van der Waals surface area contributed by atoms with Crippen LogP contribution in [0, 0.1) is 0 Å². The van der Waals surface area contributed by atoms with Crippen molar-refractivity contribution >= 4 is 21.9 Å². The molecule has 0 saturated carbocycles. The van der Waals surface area contributed by atoms with Gasteiger partial charge in [-0.3, -0.25) is 4.79 Å². The van der Waals surface area contributed by atoms with Crippen LogP contribution in [0.5, 0.6) is 0 Å². The van der Waals surface area contributed by atoms with Gasteiger partial charge in [-0.15, -0.1) is 6.58 Å². The van der Waals surface area contributed by atoms with E-state index in [1.165, 1.54) is 37.3 Å². The maximum atomic E-state index is 12.1. The number of benzene rings is 1. The second-order valence-corrected chi connectivity index (χ2v) is 7.10. The van der Waals surface area contributed by atoms with Crippen LogP contribution in [0.3, 0.4) is 0 Å². The zero-order chi connectivity index (χ0) is 18.3. The quantitative estimate of drug-likeness (QED) is 0.540. The molecule has 1 rings (SSSR count). The highest BCUT2D eigenvalue weighted by Crippen LogP contribution is 2.13. The summed E-state index contributed by atoms with van der Waals surface area (Å²) in [7, 11) is -3.72. The van der Waals surface area contributed by atoms with Crippen molar-refractivity contribution in [1.82, 2.24) is 10.0 Å². The number of hydrogen-bond acceptors (Lipinski definition) is 5. The first kappa shape index (κ1) is 19.9. The summed E-state index contributed by atoms with van der Waals surface area (Å²) in [6.07, 6.45) is 0.495. The van der Waals surface area contributed by atoms with Crippen LogP contribution in [0.4, 0.5) is 0 Å². The molecule has 7 nitrogen and oxygen atoms in total. The normalized spacial score (nSPS) is 12.5. The van der Waals surface area contributed by atoms with Gasteiger partial charge in [0.25, 0.3) is 5.91 Å². The molecule has 0 bridgehead atoms. The summed E-state index contributed by atoms with van der Waals surface area (Å²) in [4.78, 5) is 23.7. The molecule has 1 aromatic rings. The van der Waals surface area contributed by atoms with E-state index in [4.69, 9.17) is 4.74 Å². The number of rotatable bonds is 8. The van der Waals surface area contributed by atoms with E-state index in [-0.39, 0.29) is 23.0 Å². The van der Waals surface area contributed by atoms with E-state index >= 15 is 0 Å². The van der Waals surface area contributed by atoms with Crippen molar-refractivity contribution in [3.63, 3.8) is 0 Å². The van der Waals surface area contributed by atoms with Crippen molar-refractivity contribution in [2.24, 2.45) is 0 Å². The van der Waals surface area contributed by atoms with E-state index in [2.05, 4.69) is 16.6 Å². The van der Waals surface area contributed by atoms with Crippen LogP contribution in [0.15, 0.2) is 41.8 Å². The minimum absolute atomic E-state index is 0.0463. The van der Waals surface area contributed by atoms with Crippen LogP contribution < -0.4 is 10.0 Å². The lowest BCUT2D eigenvalue weighted by molar-refractivity contribution is -0.128. The lowest BCUT2D eigenvalue weighted by Gasteiger charge is -2.14. The SMILES string of the molecule is C=CCNC(=O)[C@H](C)OC(=O)c1cccc(S(=O)(=O)NC(C)C)c1. The zero-order valence-corrected chi connectivity index (χ0v) is 14.7. The van der Waals surface area contributed by atoms with Crippen molar-refractivity contribution in [2.45, 2.75) is 37.8 Å². The van der Waals surface area contributed by atoms with Gasteiger partial charge in [-0.2, -0.15) is 0 Å². The first-order valence-corrected chi connectivity index (χ1v) is 8.87. The van der Waals surface area contributed by atoms with Crippen molar-refractivity contribution < 1.29 is 22.7 Å². The molecule has 0 heterocycles. The third-order valence-electron chi connectivity index (χ3n) is 2.84. The van der Waals surface area contributed by atoms with E-state index in [0.29, 0.717) is 0 Å². The number of hydrogen-bond donors (Lipinski definition) is 2. The number of amides is 1. The molecule has 0 radical (unpaired) electrons. The lowest BCUT2D eigenvalue weighted by Crippen LogP contribution is -2.35. The molecule has 0 aliphatic rings. The van der Waals surface area contributed by atoms with Crippen LogP contribution in [0.1, 0.15) is 31.1 Å². The number of sulfonamides is 1. The van der Waals surface area contributed by atoms with Crippen LogP contribution in [0.2, 0.25) is 0 Å². The standard InChI is InChI=1S/C16H22N2O5S/c1-5-9-17-15(19)12(4)23-16(20)13-7-6-8-14(10-13)24(21,22)18-11(2)3/h5-8,10-12,18H,1,9H2,2-4H3,(H,17,19)/t12-/m0/s1. The molecule has 132 valence electrons. The minimum atomic E-state index is -3.72. The zero-order valence-electron chi connectivity index (χ0n) is 13.9. The first-order chi connectivity index (χ1) is 11.2. The second-order valence-electron chi connectivity index (χ2n) is 5.39. The molecule has 0 aliphatic heterocycles. The largest absolute Gasteiger partial charge is 0.449 e. The molecule has 0 unspecified atom stereocenters. The summed E-state index contributed by atoms with van der Waals surface area (Å²) in [5.41, 5.74) is 0.0463. The molecule has 1 atom stereocenters. The van der Waals surface area contributed by atoms with E-state index in [9.17, 15) is 18.0 Å². The fourth-order valence-corrected chi connectivity index (χ4v) is 3.06. The molecule has 1 aromatic carbocycles. The van der Waals surface area contributed by atoms with Crippen LogP contribution in [-0.4, -0.2) is 39.0 Å². The molecule has 0 fully saturated rings. The van der Waals surface area contributed by atoms with E-state index in [1.807, 2.05) is 0 Å². The van der Waals surface area contributed by atoms with Crippen molar-refractivity contribution in [2.75, 3.05) is 6.54 Å². The summed E-state index contributed by atoms with van der Waals surface area (Å²) in [5, 5.41) is 2.51. The van der Waals surface area contributed by atoms with Gasteiger partial charge < -0.3 is 10.1 Å². The number of carbonyl (C=O) groups excluding carboxylic acids is 2. The fraction of sp³-hybridized carbons (Fsp3) is 0.375. The van der Waals surface area contributed by atoms with Gasteiger partial charge in [0.2, 0.25) is 10.0 Å². The van der Waals surface area contributed by atoms with Crippen LogP contribution >= 0.6 is 0 Å². The van der Waals surface area contributed by atoms with Gasteiger partial charge in [0.15, 0.2) is 6.10 Å². The van der Waals surface area contributed by atoms with E-state index in [0.717, 1.165) is 0 Å². The summed E-state index contributed by atoms with van der Waals surface area (Å²) in [6, 6.07) is 5.17.